The zero-order valence-corrected chi connectivity index (χ0v) is 26.3. The molecule has 0 aliphatic rings. The van der Waals surface area contributed by atoms with Crippen LogP contribution in [0.4, 0.5) is 0 Å². The van der Waals surface area contributed by atoms with Gasteiger partial charge in [0.15, 0.2) is 0 Å². The van der Waals surface area contributed by atoms with Crippen LogP contribution < -0.4 is 10.1 Å². The molecule has 6 nitrogen and oxygen atoms in total. The van der Waals surface area contributed by atoms with E-state index in [2.05, 4.69) is 73.0 Å². The normalized spacial score (nSPS) is 12.9. The SMILES string of the molecule is CC/C=C\C/C=C\C/C=C\C/C=C\C/C=C\CCCCSCC(=O)NC(CC(C)C)C(=O)Oc1ccccc1C(=O)O. The first kappa shape index (κ1) is 36.7. The number of ether oxygens (including phenoxy) is 1. The quantitative estimate of drug-likeness (QED) is 0.0604. The maximum absolute atomic E-state index is 12.8. The average molecular weight is 596 g/mol. The van der Waals surface area contributed by atoms with Crippen molar-refractivity contribution in [3.05, 3.63) is 90.6 Å². The Morgan fingerprint density at radius 1 is 0.857 bits per heavy atom. The molecule has 0 aliphatic carbocycles. The Kier molecular flexibility index (Phi) is 21.2. The van der Waals surface area contributed by atoms with Crippen molar-refractivity contribution >= 4 is 29.6 Å². The Hall–Kier alpha value is -3.32. The van der Waals surface area contributed by atoms with E-state index in [-0.39, 0.29) is 28.9 Å². The summed E-state index contributed by atoms with van der Waals surface area (Å²) in [6.45, 7) is 6.04. The van der Waals surface area contributed by atoms with Gasteiger partial charge in [-0.1, -0.05) is 93.7 Å². The second-order valence-electron chi connectivity index (χ2n) is 10.2. The Labute approximate surface area is 257 Å². The minimum atomic E-state index is -1.18. The molecule has 1 unspecified atom stereocenters. The number of rotatable bonds is 22. The average Bonchev–Trinajstić information content (AvgIpc) is 2.95. The van der Waals surface area contributed by atoms with Crippen molar-refractivity contribution in [3.8, 4) is 5.75 Å². The molecule has 42 heavy (non-hydrogen) atoms. The summed E-state index contributed by atoms with van der Waals surface area (Å²) >= 11 is 1.54. The maximum atomic E-state index is 12.8. The summed E-state index contributed by atoms with van der Waals surface area (Å²) in [7, 11) is 0. The number of hydrogen-bond acceptors (Lipinski definition) is 5. The van der Waals surface area contributed by atoms with E-state index >= 15 is 0 Å². The molecule has 2 N–H and O–H groups in total. The number of allylic oxidation sites excluding steroid dienone is 10. The van der Waals surface area contributed by atoms with Crippen LogP contribution in [0.3, 0.4) is 0 Å². The standard InChI is InChI=1S/C35H49NO5S/c1-4-5-6-7-8-9-10-11-12-13-14-15-16-17-18-19-20-23-26-42-28-33(37)36-31(27-29(2)3)35(40)41-32-25-22-21-24-30(32)34(38)39/h5-6,8-9,11-12,14-15,17-18,21-22,24-25,29,31H,4,7,10,13,16,19-20,23,26-28H2,1-3H3,(H,36,37)(H,38,39)/b6-5-,9-8-,12-11-,15-14-,18-17-. The van der Waals surface area contributed by atoms with Gasteiger partial charge >= 0.3 is 11.9 Å². The lowest BCUT2D eigenvalue weighted by molar-refractivity contribution is -0.139. The number of carboxylic acid groups (broad SMARTS) is 1. The number of benzene rings is 1. The highest BCUT2D eigenvalue weighted by Crippen LogP contribution is 2.19. The first-order chi connectivity index (χ1) is 20.3. The first-order valence-electron chi connectivity index (χ1n) is 15.0. The van der Waals surface area contributed by atoms with Crippen molar-refractivity contribution in [1.29, 1.82) is 0 Å². The van der Waals surface area contributed by atoms with Crippen molar-refractivity contribution < 1.29 is 24.2 Å². The largest absolute Gasteiger partial charge is 0.478 e. The van der Waals surface area contributed by atoms with E-state index in [1.807, 2.05) is 13.8 Å². The molecular weight excluding hydrogens is 546 g/mol. The molecule has 0 aliphatic heterocycles. The Morgan fingerprint density at radius 2 is 1.43 bits per heavy atom. The first-order valence-corrected chi connectivity index (χ1v) is 16.2. The van der Waals surface area contributed by atoms with Crippen LogP contribution in [0.25, 0.3) is 0 Å². The molecule has 0 fully saturated rings. The van der Waals surface area contributed by atoms with Crippen LogP contribution in [0.5, 0.6) is 5.75 Å². The number of esters is 1. The molecule has 1 amide bonds. The number of nitrogens with one attached hydrogen (secondary N) is 1. The van der Waals surface area contributed by atoms with Crippen molar-refractivity contribution in [1.82, 2.24) is 5.32 Å². The smallest absolute Gasteiger partial charge is 0.339 e. The summed E-state index contributed by atoms with van der Waals surface area (Å²) in [5.41, 5.74) is -0.0967. The van der Waals surface area contributed by atoms with Gasteiger partial charge in [0, 0.05) is 0 Å². The number of carbonyl (C=O) groups is 3. The highest BCUT2D eigenvalue weighted by molar-refractivity contribution is 7.99. The predicted octanol–water partition coefficient (Wildman–Crippen LogP) is 8.48. The monoisotopic (exact) mass is 595 g/mol. The number of para-hydroxylation sites is 1. The van der Waals surface area contributed by atoms with E-state index in [0.717, 1.165) is 57.1 Å². The third-order valence-corrected chi connectivity index (χ3v) is 7.00. The van der Waals surface area contributed by atoms with E-state index in [0.29, 0.717) is 6.42 Å². The number of amides is 1. The molecule has 1 atom stereocenters. The molecule has 0 radical (unpaired) electrons. The lowest BCUT2D eigenvalue weighted by Gasteiger charge is -2.19. The van der Waals surface area contributed by atoms with Crippen LogP contribution in [0.1, 0.15) is 88.9 Å². The number of thioether (sulfide) groups is 1. The maximum Gasteiger partial charge on any atom is 0.339 e. The fourth-order valence-corrected chi connectivity index (χ4v) is 4.65. The van der Waals surface area contributed by atoms with Gasteiger partial charge in [0.25, 0.3) is 0 Å². The van der Waals surface area contributed by atoms with Crippen LogP contribution in [-0.4, -0.2) is 40.5 Å². The van der Waals surface area contributed by atoms with E-state index in [9.17, 15) is 19.5 Å². The van der Waals surface area contributed by atoms with Gasteiger partial charge in [0.1, 0.15) is 17.4 Å². The summed E-state index contributed by atoms with van der Waals surface area (Å²) < 4.78 is 5.36. The van der Waals surface area contributed by atoms with Gasteiger partial charge in [-0.05, 0) is 81.6 Å². The number of carboxylic acids is 1. The molecule has 0 heterocycles. The topological polar surface area (TPSA) is 92.7 Å². The van der Waals surface area contributed by atoms with Crippen LogP contribution in [-0.2, 0) is 9.59 Å². The Morgan fingerprint density at radius 3 is 2.00 bits per heavy atom. The number of hydrogen-bond donors (Lipinski definition) is 2. The third-order valence-electron chi connectivity index (χ3n) is 5.96. The highest BCUT2D eigenvalue weighted by atomic mass is 32.2. The number of carbonyl (C=O) groups excluding carboxylic acids is 2. The number of aromatic carboxylic acids is 1. The van der Waals surface area contributed by atoms with Crippen molar-refractivity contribution in [3.63, 3.8) is 0 Å². The van der Waals surface area contributed by atoms with Crippen molar-refractivity contribution in [2.75, 3.05) is 11.5 Å². The van der Waals surface area contributed by atoms with Crippen molar-refractivity contribution in [2.45, 2.75) is 84.6 Å². The lowest BCUT2D eigenvalue weighted by Crippen LogP contribution is -2.44. The minimum Gasteiger partial charge on any atom is -0.478 e. The van der Waals surface area contributed by atoms with E-state index in [1.165, 1.54) is 12.1 Å². The van der Waals surface area contributed by atoms with Gasteiger partial charge in [-0.25, -0.2) is 9.59 Å². The van der Waals surface area contributed by atoms with Gasteiger partial charge < -0.3 is 15.2 Å². The molecule has 7 heteroatoms. The molecule has 0 saturated carbocycles. The van der Waals surface area contributed by atoms with Gasteiger partial charge in [-0.3, -0.25) is 4.79 Å². The molecule has 0 spiro atoms. The fraction of sp³-hybridized carbons (Fsp3) is 0.457. The molecule has 0 bridgehead atoms. The molecular formula is C35H49NO5S. The second kappa shape index (κ2) is 24.3. The highest BCUT2D eigenvalue weighted by Gasteiger charge is 2.25. The molecule has 0 saturated heterocycles. The fourth-order valence-electron chi connectivity index (χ4n) is 3.83. The summed E-state index contributed by atoms with van der Waals surface area (Å²) in [4.78, 5) is 36.7. The lowest BCUT2D eigenvalue weighted by atomic mass is 10.0. The third kappa shape index (κ3) is 18.9. The second-order valence-corrected chi connectivity index (χ2v) is 11.3. The van der Waals surface area contributed by atoms with Gasteiger partial charge in [-0.15, -0.1) is 0 Å². The van der Waals surface area contributed by atoms with Crippen LogP contribution in [0, 0.1) is 5.92 Å². The van der Waals surface area contributed by atoms with E-state index in [4.69, 9.17) is 4.74 Å². The van der Waals surface area contributed by atoms with Crippen LogP contribution >= 0.6 is 11.8 Å². The Balaban J connectivity index is 2.21. The number of unbranched alkanes of at least 4 members (excludes halogenated alkanes) is 2. The zero-order chi connectivity index (χ0) is 30.8. The predicted molar refractivity (Wildman–Crippen MR) is 176 cm³/mol. The zero-order valence-electron chi connectivity index (χ0n) is 25.5. The minimum absolute atomic E-state index is 0.0279. The van der Waals surface area contributed by atoms with Gasteiger partial charge in [0.05, 0.1) is 5.75 Å². The summed E-state index contributed by atoms with van der Waals surface area (Å²) in [5.74, 6) is -0.833. The van der Waals surface area contributed by atoms with Crippen LogP contribution in [0.15, 0.2) is 85.0 Å². The van der Waals surface area contributed by atoms with E-state index < -0.39 is 18.0 Å². The summed E-state index contributed by atoms with van der Waals surface area (Å²) in [5, 5.41) is 12.1. The molecule has 1 aromatic carbocycles. The van der Waals surface area contributed by atoms with E-state index in [1.54, 1.807) is 23.9 Å². The summed E-state index contributed by atoms with van der Waals surface area (Å²) in [6, 6.07) is 5.14. The molecule has 1 rings (SSSR count). The van der Waals surface area contributed by atoms with Gasteiger partial charge in [-0.2, -0.15) is 11.8 Å². The molecule has 0 aromatic heterocycles. The molecule has 230 valence electrons. The Bertz CT molecular complexity index is 1070. The van der Waals surface area contributed by atoms with Crippen molar-refractivity contribution in [2.24, 2.45) is 5.92 Å². The van der Waals surface area contributed by atoms with Crippen LogP contribution in [0.2, 0.25) is 0 Å². The van der Waals surface area contributed by atoms with Gasteiger partial charge in [0.2, 0.25) is 5.91 Å². The molecule has 1 aromatic rings. The summed E-state index contributed by atoms with van der Waals surface area (Å²) in [6.07, 6.45) is 30.4.